The number of hydrogen-bond donors (Lipinski definition) is 1. The highest BCUT2D eigenvalue weighted by molar-refractivity contribution is 7.98. The summed E-state index contributed by atoms with van der Waals surface area (Å²) in [5.74, 6) is 1.67. The highest BCUT2D eigenvalue weighted by Crippen LogP contribution is 2.19. The number of thioether (sulfide) groups is 1. The van der Waals surface area contributed by atoms with Gasteiger partial charge in [-0.05, 0) is 12.2 Å². The van der Waals surface area contributed by atoms with Crippen molar-refractivity contribution in [1.29, 1.82) is 0 Å². The van der Waals surface area contributed by atoms with E-state index in [2.05, 4.69) is 9.97 Å². The summed E-state index contributed by atoms with van der Waals surface area (Å²) >= 11 is 1.72. The number of Topliss-reactive ketones (excluding diaryl/α,β-unsaturated/α-hetero) is 1. The summed E-state index contributed by atoms with van der Waals surface area (Å²) in [5, 5.41) is 0. The van der Waals surface area contributed by atoms with Crippen molar-refractivity contribution in [2.45, 2.75) is 19.1 Å². The van der Waals surface area contributed by atoms with Crippen LogP contribution in [0.15, 0.2) is 4.79 Å². The molecule has 0 saturated carbocycles. The van der Waals surface area contributed by atoms with Gasteiger partial charge < -0.3 is 4.98 Å². The van der Waals surface area contributed by atoms with Gasteiger partial charge in [-0.3, -0.25) is 9.59 Å². The van der Waals surface area contributed by atoms with Crippen LogP contribution in [0.4, 0.5) is 0 Å². The molecule has 2 heterocycles. The van der Waals surface area contributed by atoms with Crippen LogP contribution in [0.3, 0.4) is 0 Å². The lowest BCUT2D eigenvalue weighted by Crippen LogP contribution is -2.23. The molecule has 0 amide bonds. The van der Waals surface area contributed by atoms with Gasteiger partial charge in [0.25, 0.3) is 5.56 Å². The molecule has 1 N–H and O–H groups in total. The first-order valence-electron chi connectivity index (χ1n) is 4.39. The maximum Gasteiger partial charge on any atom is 0.255 e. The van der Waals surface area contributed by atoms with Crippen LogP contribution in [0.2, 0.25) is 0 Å². The third-order valence-corrected chi connectivity index (χ3v) is 3.15. The number of aryl methyl sites for hydroxylation is 1. The molecule has 2 rings (SSSR count). The van der Waals surface area contributed by atoms with Crippen molar-refractivity contribution in [3.05, 3.63) is 27.4 Å². The first-order chi connectivity index (χ1) is 6.68. The molecular formula is C9H10N2O2S. The number of hydrogen-bond acceptors (Lipinski definition) is 4. The lowest BCUT2D eigenvalue weighted by Gasteiger charge is -2.13. The Bertz CT molecular complexity index is 439. The molecule has 1 aromatic heterocycles. The van der Waals surface area contributed by atoms with E-state index in [1.807, 2.05) is 0 Å². The number of nitrogens with one attached hydrogen (secondary N) is 1. The van der Waals surface area contributed by atoms with Crippen LogP contribution in [0.25, 0.3) is 0 Å². The van der Waals surface area contributed by atoms with Crippen molar-refractivity contribution >= 4 is 17.5 Å². The molecule has 1 aliphatic heterocycles. The number of H-pyrrole nitrogens is 1. The van der Waals surface area contributed by atoms with Gasteiger partial charge in [0.2, 0.25) is 0 Å². The molecular weight excluding hydrogens is 200 g/mol. The maximum absolute atomic E-state index is 11.5. The van der Waals surface area contributed by atoms with Crippen molar-refractivity contribution < 1.29 is 4.79 Å². The van der Waals surface area contributed by atoms with Crippen molar-refractivity contribution in [3.63, 3.8) is 0 Å². The van der Waals surface area contributed by atoms with E-state index in [1.54, 1.807) is 11.8 Å². The minimum atomic E-state index is -0.192. The molecule has 0 aliphatic carbocycles. The van der Waals surface area contributed by atoms with E-state index >= 15 is 0 Å². The zero-order chi connectivity index (χ0) is 10.1. The number of carbonyl (C=O) groups excluding carboxylic acids is 1. The first-order valence-corrected chi connectivity index (χ1v) is 5.54. The standard InChI is InChI=1S/C9H10N2O2S/c1-5(12)8-10-7-2-3-14-4-6(7)9(13)11-8/h2-4H2,1H3,(H,10,11,13). The Hall–Kier alpha value is -1.10. The van der Waals surface area contributed by atoms with Crippen LogP contribution in [0.1, 0.15) is 28.8 Å². The summed E-state index contributed by atoms with van der Waals surface area (Å²) in [4.78, 5) is 29.2. The minimum absolute atomic E-state index is 0.160. The Balaban J connectivity index is 2.57. The fourth-order valence-corrected chi connectivity index (χ4v) is 2.39. The molecule has 0 spiro atoms. The minimum Gasteiger partial charge on any atom is -0.304 e. The van der Waals surface area contributed by atoms with Crippen molar-refractivity contribution in [2.24, 2.45) is 0 Å². The summed E-state index contributed by atoms with van der Waals surface area (Å²) < 4.78 is 0. The number of carbonyl (C=O) groups is 1. The van der Waals surface area contributed by atoms with E-state index in [4.69, 9.17) is 0 Å². The van der Waals surface area contributed by atoms with Crippen LogP contribution in [0, 0.1) is 0 Å². The van der Waals surface area contributed by atoms with Gasteiger partial charge in [-0.25, -0.2) is 4.98 Å². The molecule has 0 saturated heterocycles. The van der Waals surface area contributed by atoms with Crippen LogP contribution in [-0.4, -0.2) is 21.5 Å². The molecule has 5 heteroatoms. The van der Waals surface area contributed by atoms with E-state index in [0.717, 1.165) is 23.4 Å². The third kappa shape index (κ3) is 1.59. The van der Waals surface area contributed by atoms with Crippen LogP contribution >= 0.6 is 11.8 Å². The Kier molecular flexibility index (Phi) is 2.41. The number of aromatic nitrogens is 2. The van der Waals surface area contributed by atoms with Gasteiger partial charge in [-0.15, -0.1) is 0 Å². The molecule has 14 heavy (non-hydrogen) atoms. The normalized spacial score (nSPS) is 14.9. The second-order valence-corrected chi connectivity index (χ2v) is 4.30. The van der Waals surface area contributed by atoms with Gasteiger partial charge in [0.1, 0.15) is 0 Å². The summed E-state index contributed by atoms with van der Waals surface area (Å²) in [7, 11) is 0. The predicted molar refractivity (Wildman–Crippen MR) is 54.7 cm³/mol. The number of fused-ring (bicyclic) bond motifs is 1. The van der Waals surface area contributed by atoms with Crippen molar-refractivity contribution in [1.82, 2.24) is 9.97 Å². The van der Waals surface area contributed by atoms with Gasteiger partial charge in [0.15, 0.2) is 11.6 Å². The maximum atomic E-state index is 11.5. The highest BCUT2D eigenvalue weighted by atomic mass is 32.2. The summed E-state index contributed by atoms with van der Waals surface area (Å²) in [6, 6.07) is 0. The molecule has 0 fully saturated rings. The molecule has 0 radical (unpaired) electrons. The van der Waals surface area contributed by atoms with Crippen LogP contribution in [-0.2, 0) is 12.2 Å². The SMILES string of the molecule is CC(=O)c1nc2c(c(=O)[nH]1)CSCC2. The largest absolute Gasteiger partial charge is 0.304 e. The topological polar surface area (TPSA) is 62.8 Å². The third-order valence-electron chi connectivity index (χ3n) is 2.16. The number of aromatic amines is 1. The highest BCUT2D eigenvalue weighted by Gasteiger charge is 2.16. The Labute approximate surface area is 85.1 Å². The number of rotatable bonds is 1. The van der Waals surface area contributed by atoms with E-state index in [-0.39, 0.29) is 17.2 Å². The fraction of sp³-hybridized carbons (Fsp3) is 0.444. The van der Waals surface area contributed by atoms with Gasteiger partial charge in [-0.2, -0.15) is 11.8 Å². The molecule has 0 unspecified atom stereocenters. The van der Waals surface area contributed by atoms with E-state index in [0.29, 0.717) is 5.75 Å². The van der Waals surface area contributed by atoms with Gasteiger partial charge in [0.05, 0.1) is 5.69 Å². The molecule has 0 atom stereocenters. The second kappa shape index (κ2) is 3.57. The van der Waals surface area contributed by atoms with Crippen LogP contribution in [0.5, 0.6) is 0 Å². The van der Waals surface area contributed by atoms with Gasteiger partial charge in [-0.1, -0.05) is 0 Å². The smallest absolute Gasteiger partial charge is 0.255 e. The monoisotopic (exact) mass is 210 g/mol. The number of nitrogens with zero attached hydrogens (tertiary/aromatic N) is 1. The van der Waals surface area contributed by atoms with Gasteiger partial charge >= 0.3 is 0 Å². The van der Waals surface area contributed by atoms with Crippen molar-refractivity contribution in [2.75, 3.05) is 5.75 Å². The van der Waals surface area contributed by atoms with E-state index < -0.39 is 0 Å². The van der Waals surface area contributed by atoms with E-state index in [9.17, 15) is 9.59 Å². The quantitative estimate of drug-likeness (QED) is 0.695. The van der Waals surface area contributed by atoms with Gasteiger partial charge in [0, 0.05) is 18.2 Å². The Morgan fingerprint density at radius 3 is 3.07 bits per heavy atom. The van der Waals surface area contributed by atoms with Crippen LogP contribution < -0.4 is 5.56 Å². The Morgan fingerprint density at radius 2 is 2.36 bits per heavy atom. The zero-order valence-electron chi connectivity index (χ0n) is 7.79. The fourth-order valence-electron chi connectivity index (χ4n) is 1.41. The molecule has 74 valence electrons. The molecule has 4 nitrogen and oxygen atoms in total. The second-order valence-electron chi connectivity index (χ2n) is 3.20. The lowest BCUT2D eigenvalue weighted by molar-refractivity contribution is 0.100. The molecule has 0 bridgehead atoms. The predicted octanol–water partition coefficient (Wildman–Crippen LogP) is 0.762. The summed E-state index contributed by atoms with van der Waals surface area (Å²) in [6.45, 7) is 1.41. The molecule has 1 aliphatic rings. The Morgan fingerprint density at radius 1 is 1.57 bits per heavy atom. The summed E-state index contributed by atoms with van der Waals surface area (Å²) in [5.41, 5.74) is 1.36. The van der Waals surface area contributed by atoms with E-state index in [1.165, 1.54) is 6.92 Å². The average Bonchev–Trinajstić information content (AvgIpc) is 2.17. The first kappa shape index (κ1) is 9.45. The lowest BCUT2D eigenvalue weighted by atomic mass is 10.2. The molecule has 0 aromatic carbocycles. The number of ketones is 1. The summed E-state index contributed by atoms with van der Waals surface area (Å²) in [6.07, 6.45) is 0.782. The zero-order valence-corrected chi connectivity index (χ0v) is 8.61. The average molecular weight is 210 g/mol. The van der Waals surface area contributed by atoms with Crippen molar-refractivity contribution in [3.8, 4) is 0 Å². The molecule has 1 aromatic rings.